The monoisotopic (exact) mass is 373 g/mol. The zero-order valence-electron chi connectivity index (χ0n) is 11.2. The normalized spacial score (nSPS) is 10.6. The minimum atomic E-state index is -2.96. The molecular formula is C15H11BrF3NO2. The highest BCUT2D eigenvalue weighted by Gasteiger charge is 2.10. The van der Waals surface area contributed by atoms with Gasteiger partial charge < -0.3 is 10.1 Å². The number of alkyl halides is 2. The van der Waals surface area contributed by atoms with Gasteiger partial charge in [-0.1, -0.05) is 22.0 Å². The van der Waals surface area contributed by atoms with Crippen molar-refractivity contribution in [3.63, 3.8) is 0 Å². The lowest BCUT2D eigenvalue weighted by Crippen LogP contribution is -2.23. The van der Waals surface area contributed by atoms with Crippen molar-refractivity contribution in [1.82, 2.24) is 5.32 Å². The number of rotatable bonds is 5. The van der Waals surface area contributed by atoms with Gasteiger partial charge in [0.05, 0.1) is 0 Å². The third-order valence-corrected chi connectivity index (χ3v) is 3.54. The Morgan fingerprint density at radius 1 is 1.23 bits per heavy atom. The molecule has 2 aromatic carbocycles. The zero-order chi connectivity index (χ0) is 16.1. The van der Waals surface area contributed by atoms with Crippen LogP contribution in [0.25, 0.3) is 0 Å². The smallest absolute Gasteiger partial charge is 0.387 e. The van der Waals surface area contributed by atoms with Crippen LogP contribution in [0.2, 0.25) is 0 Å². The molecule has 2 rings (SSSR count). The Morgan fingerprint density at radius 3 is 2.73 bits per heavy atom. The molecule has 0 saturated carbocycles. The fourth-order valence-corrected chi connectivity index (χ4v) is 2.16. The maximum absolute atomic E-state index is 13.1. The Bertz CT molecular complexity index is 680. The summed E-state index contributed by atoms with van der Waals surface area (Å²) in [6.45, 7) is -2.86. The van der Waals surface area contributed by atoms with E-state index in [9.17, 15) is 18.0 Å². The summed E-state index contributed by atoms with van der Waals surface area (Å²) in [4.78, 5) is 12.0. The second kappa shape index (κ2) is 7.31. The van der Waals surface area contributed by atoms with Gasteiger partial charge in [-0.15, -0.1) is 0 Å². The molecule has 2 aromatic rings. The van der Waals surface area contributed by atoms with Crippen molar-refractivity contribution < 1.29 is 22.7 Å². The Balaban J connectivity index is 2.04. The van der Waals surface area contributed by atoms with Crippen LogP contribution in [0, 0.1) is 5.82 Å². The maximum atomic E-state index is 13.1. The largest absolute Gasteiger partial charge is 0.435 e. The number of carbonyl (C=O) groups excluding carboxylic acids is 1. The van der Waals surface area contributed by atoms with Crippen LogP contribution in [0.1, 0.15) is 15.9 Å². The first-order valence-corrected chi connectivity index (χ1v) is 7.02. The highest BCUT2D eigenvalue weighted by Crippen LogP contribution is 2.19. The summed E-state index contributed by atoms with van der Waals surface area (Å²) in [6, 6.07) is 9.56. The second-order valence-corrected chi connectivity index (χ2v) is 5.18. The van der Waals surface area contributed by atoms with E-state index in [-0.39, 0.29) is 17.9 Å². The number of carbonyl (C=O) groups is 1. The molecule has 1 N–H and O–H groups in total. The van der Waals surface area contributed by atoms with Crippen molar-refractivity contribution in [3.8, 4) is 5.75 Å². The van der Waals surface area contributed by atoms with Crippen LogP contribution < -0.4 is 10.1 Å². The van der Waals surface area contributed by atoms with Gasteiger partial charge >= 0.3 is 6.61 Å². The molecule has 0 spiro atoms. The van der Waals surface area contributed by atoms with Crippen molar-refractivity contribution in [1.29, 1.82) is 0 Å². The van der Waals surface area contributed by atoms with Gasteiger partial charge in [-0.2, -0.15) is 8.78 Å². The lowest BCUT2D eigenvalue weighted by Gasteiger charge is -2.09. The van der Waals surface area contributed by atoms with Crippen molar-refractivity contribution in [2.45, 2.75) is 13.2 Å². The predicted octanol–water partition coefficient (Wildman–Crippen LogP) is 4.12. The van der Waals surface area contributed by atoms with E-state index in [4.69, 9.17) is 0 Å². The highest BCUT2D eigenvalue weighted by atomic mass is 79.9. The van der Waals surface area contributed by atoms with E-state index in [1.165, 1.54) is 42.5 Å². The van der Waals surface area contributed by atoms with Gasteiger partial charge in [0, 0.05) is 16.6 Å². The fraction of sp³-hybridized carbons (Fsp3) is 0.133. The first-order chi connectivity index (χ1) is 10.5. The molecule has 0 unspecified atom stereocenters. The molecule has 0 saturated heterocycles. The third-order valence-electron chi connectivity index (χ3n) is 2.77. The summed E-state index contributed by atoms with van der Waals surface area (Å²) >= 11 is 3.25. The second-order valence-electron chi connectivity index (χ2n) is 4.32. The first kappa shape index (κ1) is 16.4. The summed E-state index contributed by atoms with van der Waals surface area (Å²) in [6.07, 6.45) is 0. The Morgan fingerprint density at radius 2 is 2.00 bits per heavy atom. The van der Waals surface area contributed by atoms with E-state index in [2.05, 4.69) is 26.0 Å². The number of nitrogens with one attached hydrogen (secondary N) is 1. The van der Waals surface area contributed by atoms with E-state index in [0.717, 1.165) is 0 Å². The number of hydrogen-bond donors (Lipinski definition) is 1. The average molecular weight is 374 g/mol. The van der Waals surface area contributed by atoms with Crippen LogP contribution in [0.4, 0.5) is 13.2 Å². The van der Waals surface area contributed by atoms with Crippen molar-refractivity contribution >= 4 is 21.8 Å². The molecule has 22 heavy (non-hydrogen) atoms. The lowest BCUT2D eigenvalue weighted by molar-refractivity contribution is -0.0498. The Labute approximate surface area is 133 Å². The van der Waals surface area contributed by atoms with Crippen LogP contribution in [0.5, 0.6) is 5.75 Å². The number of halogens is 4. The standard InChI is InChI=1S/C15H11BrF3NO2/c16-13-5-4-11(17)6-10(13)8-20-14(21)9-2-1-3-12(7-9)22-15(18)19/h1-7,15H,8H2,(H,20,21). The van der Waals surface area contributed by atoms with Gasteiger partial charge in [-0.3, -0.25) is 4.79 Å². The van der Waals surface area contributed by atoms with Gasteiger partial charge in [0.15, 0.2) is 0 Å². The molecular weight excluding hydrogens is 363 g/mol. The Hall–Kier alpha value is -2.02. The minimum Gasteiger partial charge on any atom is -0.435 e. The highest BCUT2D eigenvalue weighted by molar-refractivity contribution is 9.10. The van der Waals surface area contributed by atoms with Gasteiger partial charge in [0.25, 0.3) is 5.91 Å². The van der Waals surface area contributed by atoms with Gasteiger partial charge in [-0.25, -0.2) is 4.39 Å². The van der Waals surface area contributed by atoms with E-state index >= 15 is 0 Å². The molecule has 0 atom stereocenters. The topological polar surface area (TPSA) is 38.3 Å². The summed E-state index contributed by atoms with van der Waals surface area (Å²) in [7, 11) is 0. The fourth-order valence-electron chi connectivity index (χ4n) is 1.77. The zero-order valence-corrected chi connectivity index (χ0v) is 12.7. The molecule has 1 amide bonds. The third kappa shape index (κ3) is 4.49. The number of ether oxygens (including phenoxy) is 1. The van der Waals surface area contributed by atoms with Gasteiger partial charge in [0.2, 0.25) is 0 Å². The van der Waals surface area contributed by atoms with Crippen LogP contribution in [0.3, 0.4) is 0 Å². The number of amides is 1. The molecule has 0 aliphatic heterocycles. The maximum Gasteiger partial charge on any atom is 0.387 e. The van der Waals surface area contributed by atoms with Crippen LogP contribution in [0.15, 0.2) is 46.9 Å². The molecule has 0 aliphatic carbocycles. The molecule has 116 valence electrons. The molecule has 3 nitrogen and oxygen atoms in total. The van der Waals surface area contributed by atoms with E-state index in [1.807, 2.05) is 0 Å². The van der Waals surface area contributed by atoms with Crippen LogP contribution in [-0.4, -0.2) is 12.5 Å². The summed E-state index contributed by atoms with van der Waals surface area (Å²) in [5, 5.41) is 2.59. The molecule has 0 bridgehead atoms. The SMILES string of the molecule is O=C(NCc1cc(F)ccc1Br)c1cccc(OC(F)F)c1. The summed E-state index contributed by atoms with van der Waals surface area (Å²) in [5.41, 5.74) is 0.735. The van der Waals surface area contributed by atoms with Gasteiger partial charge in [-0.05, 0) is 42.0 Å². The molecule has 0 aliphatic rings. The lowest BCUT2D eigenvalue weighted by atomic mass is 10.2. The summed E-state index contributed by atoms with van der Waals surface area (Å²) < 4.78 is 42.3. The molecule has 0 aromatic heterocycles. The molecule has 0 fully saturated rings. The van der Waals surface area contributed by atoms with Crippen molar-refractivity contribution in [2.75, 3.05) is 0 Å². The summed E-state index contributed by atoms with van der Waals surface area (Å²) in [5.74, 6) is -0.995. The van der Waals surface area contributed by atoms with E-state index in [0.29, 0.717) is 10.0 Å². The average Bonchev–Trinajstić information content (AvgIpc) is 2.47. The number of hydrogen-bond acceptors (Lipinski definition) is 2. The van der Waals surface area contributed by atoms with Gasteiger partial charge in [0.1, 0.15) is 11.6 Å². The minimum absolute atomic E-state index is 0.0944. The predicted molar refractivity (Wildman–Crippen MR) is 78.3 cm³/mol. The molecule has 7 heteroatoms. The van der Waals surface area contributed by atoms with Crippen LogP contribution in [-0.2, 0) is 6.54 Å². The first-order valence-electron chi connectivity index (χ1n) is 6.22. The quantitative estimate of drug-likeness (QED) is 0.855. The van der Waals surface area contributed by atoms with E-state index < -0.39 is 18.3 Å². The van der Waals surface area contributed by atoms with Crippen molar-refractivity contribution in [2.24, 2.45) is 0 Å². The molecule has 0 radical (unpaired) electrons. The molecule has 0 heterocycles. The number of benzene rings is 2. The Kier molecular flexibility index (Phi) is 5.43. The van der Waals surface area contributed by atoms with Crippen molar-refractivity contribution in [3.05, 3.63) is 63.9 Å². The van der Waals surface area contributed by atoms with E-state index in [1.54, 1.807) is 0 Å². The van der Waals surface area contributed by atoms with Crippen LogP contribution >= 0.6 is 15.9 Å².